The van der Waals surface area contributed by atoms with Crippen molar-refractivity contribution < 1.29 is 22.4 Å². The predicted molar refractivity (Wildman–Crippen MR) is 104 cm³/mol. The van der Waals surface area contributed by atoms with Crippen LogP contribution >= 0.6 is 23.2 Å². The summed E-state index contributed by atoms with van der Waals surface area (Å²) in [5, 5.41) is 5.12. The van der Waals surface area contributed by atoms with Crippen LogP contribution in [0.4, 0.5) is 29.2 Å². The molecule has 1 heterocycles. The van der Waals surface area contributed by atoms with E-state index in [2.05, 4.69) is 20.6 Å². The summed E-state index contributed by atoms with van der Waals surface area (Å²) in [6.07, 6.45) is -4.13. The molecule has 0 bridgehead atoms. The van der Waals surface area contributed by atoms with E-state index < -0.39 is 29.2 Å². The lowest BCUT2D eigenvalue weighted by molar-refractivity contribution is -0.141. The first-order valence-corrected chi connectivity index (χ1v) is 9.08. The van der Waals surface area contributed by atoms with E-state index in [-0.39, 0.29) is 17.5 Å². The van der Waals surface area contributed by atoms with Gasteiger partial charge in [0, 0.05) is 23.5 Å². The number of carbonyl (C=O) groups excluding carboxylic acids is 1. The van der Waals surface area contributed by atoms with E-state index in [4.69, 9.17) is 23.2 Å². The Hall–Kier alpha value is -2.91. The van der Waals surface area contributed by atoms with Crippen LogP contribution in [0.5, 0.6) is 0 Å². The molecule has 0 spiro atoms. The summed E-state index contributed by atoms with van der Waals surface area (Å²) in [5.74, 6) is -2.05. The predicted octanol–water partition coefficient (Wildman–Crippen LogP) is 5.61. The Bertz CT molecular complexity index is 1090. The normalized spacial score (nSPS) is 11.3. The molecule has 0 saturated heterocycles. The Kier molecular flexibility index (Phi) is 6.42. The fourth-order valence-corrected chi connectivity index (χ4v) is 2.84. The molecule has 1 amide bonds. The van der Waals surface area contributed by atoms with Crippen LogP contribution in [0.1, 0.15) is 21.6 Å². The number of nitrogens with zero attached hydrogens (tertiary/aromatic N) is 2. The molecule has 3 rings (SSSR count). The maximum atomic E-state index is 13.5. The van der Waals surface area contributed by atoms with Gasteiger partial charge in [-0.3, -0.25) is 4.79 Å². The molecule has 30 heavy (non-hydrogen) atoms. The Balaban J connectivity index is 1.82. The fraction of sp³-hybridized carbons (Fsp3) is 0.105. The molecular formula is C19H12Cl2F4N4O. The van der Waals surface area contributed by atoms with Gasteiger partial charge in [0.15, 0.2) is 5.69 Å². The van der Waals surface area contributed by atoms with E-state index in [1.54, 1.807) is 18.2 Å². The summed E-state index contributed by atoms with van der Waals surface area (Å²) in [6.45, 7) is -0.168. The second-order valence-electron chi connectivity index (χ2n) is 6.02. The summed E-state index contributed by atoms with van der Waals surface area (Å²) in [6, 6.07) is 9.93. The largest absolute Gasteiger partial charge is 0.434 e. The smallest absolute Gasteiger partial charge is 0.348 e. The Morgan fingerprint density at radius 1 is 1.10 bits per heavy atom. The molecule has 0 saturated carbocycles. The van der Waals surface area contributed by atoms with Crippen molar-refractivity contribution in [3.8, 4) is 0 Å². The number of benzene rings is 2. The van der Waals surface area contributed by atoms with Gasteiger partial charge in [0.1, 0.15) is 5.82 Å². The molecule has 2 aromatic carbocycles. The number of anilines is 2. The summed E-state index contributed by atoms with van der Waals surface area (Å²) in [5.41, 5.74) is -1.38. The molecule has 0 radical (unpaired) electrons. The highest BCUT2D eigenvalue weighted by Gasteiger charge is 2.38. The number of amides is 1. The molecule has 1 aromatic heterocycles. The molecule has 0 aliphatic carbocycles. The van der Waals surface area contributed by atoms with Crippen LogP contribution in [0.2, 0.25) is 10.0 Å². The number of halogens is 6. The fourth-order valence-electron chi connectivity index (χ4n) is 2.45. The van der Waals surface area contributed by atoms with Crippen molar-refractivity contribution in [1.82, 2.24) is 15.3 Å². The van der Waals surface area contributed by atoms with Gasteiger partial charge in [-0.15, -0.1) is 0 Å². The van der Waals surface area contributed by atoms with E-state index in [1.165, 1.54) is 18.2 Å². The van der Waals surface area contributed by atoms with Gasteiger partial charge < -0.3 is 10.6 Å². The average molecular weight is 459 g/mol. The molecule has 156 valence electrons. The minimum Gasteiger partial charge on any atom is -0.348 e. The van der Waals surface area contributed by atoms with E-state index >= 15 is 0 Å². The lowest BCUT2D eigenvalue weighted by Crippen LogP contribution is -2.27. The summed E-state index contributed by atoms with van der Waals surface area (Å²) in [4.78, 5) is 19.5. The van der Waals surface area contributed by atoms with Crippen molar-refractivity contribution in [3.05, 3.63) is 81.3 Å². The highest BCUT2D eigenvalue weighted by atomic mass is 35.5. The van der Waals surface area contributed by atoms with Crippen molar-refractivity contribution in [2.45, 2.75) is 12.7 Å². The van der Waals surface area contributed by atoms with E-state index in [0.29, 0.717) is 16.3 Å². The molecule has 0 unspecified atom stereocenters. The average Bonchev–Trinajstić information content (AvgIpc) is 2.68. The first-order chi connectivity index (χ1) is 14.1. The minimum atomic E-state index is -4.90. The third kappa shape index (κ3) is 5.37. The van der Waals surface area contributed by atoms with Gasteiger partial charge in [0.25, 0.3) is 5.91 Å². The van der Waals surface area contributed by atoms with Crippen LogP contribution < -0.4 is 10.6 Å². The molecule has 0 fully saturated rings. The Morgan fingerprint density at radius 2 is 1.87 bits per heavy atom. The van der Waals surface area contributed by atoms with Crippen LogP contribution in [0, 0.1) is 5.82 Å². The van der Waals surface area contributed by atoms with Crippen molar-refractivity contribution in [2.75, 3.05) is 5.32 Å². The number of hydrogen-bond donors (Lipinski definition) is 2. The molecular weight excluding hydrogens is 447 g/mol. The molecule has 0 atom stereocenters. The van der Waals surface area contributed by atoms with E-state index in [1.807, 2.05) is 0 Å². The van der Waals surface area contributed by atoms with Gasteiger partial charge in [-0.25, -0.2) is 14.4 Å². The maximum absolute atomic E-state index is 13.5. The van der Waals surface area contributed by atoms with Crippen molar-refractivity contribution in [3.63, 3.8) is 0 Å². The maximum Gasteiger partial charge on any atom is 0.434 e. The molecule has 0 aliphatic rings. The lowest BCUT2D eigenvalue weighted by atomic mass is 10.2. The molecule has 0 aliphatic heterocycles. The topological polar surface area (TPSA) is 66.9 Å². The number of hydrogen-bond acceptors (Lipinski definition) is 4. The minimum absolute atomic E-state index is 0.168. The quantitative estimate of drug-likeness (QED) is 0.487. The van der Waals surface area contributed by atoms with Crippen LogP contribution in [0.15, 0.2) is 48.7 Å². The summed E-state index contributed by atoms with van der Waals surface area (Å²) < 4.78 is 53.6. The van der Waals surface area contributed by atoms with Crippen LogP contribution in [-0.4, -0.2) is 15.9 Å². The number of rotatable bonds is 5. The zero-order valence-electron chi connectivity index (χ0n) is 14.9. The monoisotopic (exact) mass is 458 g/mol. The lowest BCUT2D eigenvalue weighted by Gasteiger charge is -2.14. The SMILES string of the molecule is O=C(NCc1ccc(F)c(Cl)c1)c1cnc(Nc2cccc(Cl)c2)nc1C(F)(F)F. The van der Waals surface area contributed by atoms with Crippen LogP contribution in [-0.2, 0) is 12.7 Å². The van der Waals surface area contributed by atoms with Crippen molar-refractivity contribution in [1.29, 1.82) is 0 Å². The molecule has 2 N–H and O–H groups in total. The van der Waals surface area contributed by atoms with Gasteiger partial charge >= 0.3 is 6.18 Å². The molecule has 11 heteroatoms. The zero-order chi connectivity index (χ0) is 21.9. The van der Waals surface area contributed by atoms with Gasteiger partial charge in [-0.1, -0.05) is 35.3 Å². The highest BCUT2D eigenvalue weighted by molar-refractivity contribution is 6.31. The Labute approximate surface area is 178 Å². The van der Waals surface area contributed by atoms with Crippen molar-refractivity contribution >= 4 is 40.7 Å². The number of aromatic nitrogens is 2. The van der Waals surface area contributed by atoms with Gasteiger partial charge in [-0.05, 0) is 35.9 Å². The standard InChI is InChI=1S/C19H12Cl2F4N4O/c20-11-2-1-3-12(7-11)28-18-27-9-13(16(29-18)19(23,24)25)17(30)26-8-10-4-5-15(22)14(21)6-10/h1-7,9H,8H2,(H,26,30)(H,27,28,29). The van der Waals surface area contributed by atoms with Crippen LogP contribution in [0.25, 0.3) is 0 Å². The van der Waals surface area contributed by atoms with E-state index in [9.17, 15) is 22.4 Å². The zero-order valence-corrected chi connectivity index (χ0v) is 16.4. The second kappa shape index (κ2) is 8.85. The third-order valence-electron chi connectivity index (χ3n) is 3.82. The van der Waals surface area contributed by atoms with Gasteiger partial charge in [0.2, 0.25) is 5.95 Å². The van der Waals surface area contributed by atoms with Gasteiger partial charge in [0.05, 0.1) is 10.6 Å². The van der Waals surface area contributed by atoms with Crippen molar-refractivity contribution in [2.24, 2.45) is 0 Å². The second-order valence-corrected chi connectivity index (χ2v) is 6.86. The third-order valence-corrected chi connectivity index (χ3v) is 4.34. The molecule has 3 aromatic rings. The summed E-state index contributed by atoms with van der Waals surface area (Å²) >= 11 is 11.5. The van der Waals surface area contributed by atoms with E-state index in [0.717, 1.165) is 12.3 Å². The van der Waals surface area contributed by atoms with Gasteiger partial charge in [-0.2, -0.15) is 13.2 Å². The first kappa shape index (κ1) is 21.8. The Morgan fingerprint density at radius 3 is 2.53 bits per heavy atom. The first-order valence-electron chi connectivity index (χ1n) is 8.32. The highest BCUT2D eigenvalue weighted by Crippen LogP contribution is 2.31. The van der Waals surface area contributed by atoms with Crippen LogP contribution in [0.3, 0.4) is 0 Å². The summed E-state index contributed by atoms with van der Waals surface area (Å²) in [7, 11) is 0. The number of carbonyl (C=O) groups is 1. The molecule has 5 nitrogen and oxygen atoms in total. The number of nitrogens with one attached hydrogen (secondary N) is 2. The number of alkyl halides is 3.